The number of nitrogens with zero attached hydrogens (tertiary/aromatic N) is 2. The second kappa shape index (κ2) is 11.5. The SMILES string of the molecule is CN(C)[C@H]1C(=O)C(C(N)=O)=C(O)[C@]2(O)C(=O)C3=C(O)c4c(O)c(CN5C(=O)c6ccccc6C5=O)cc(-c5cccc(C(=O)O)c5)c4C[C@@H]3C[C@H]12. The van der Waals surface area contributed by atoms with E-state index in [0.717, 1.165) is 4.90 Å². The Hall–Kier alpha value is -6.12. The number of hydrogen-bond acceptors (Lipinski definition) is 11. The molecule has 4 atom stereocenters. The summed E-state index contributed by atoms with van der Waals surface area (Å²) in [4.78, 5) is 80.9. The fourth-order valence-electron chi connectivity index (χ4n) is 8.12. The van der Waals surface area contributed by atoms with E-state index in [9.17, 15) is 54.3 Å². The third-order valence-corrected chi connectivity index (χ3v) is 10.4. The summed E-state index contributed by atoms with van der Waals surface area (Å²) in [6.45, 7) is -0.471. The van der Waals surface area contributed by atoms with Crippen molar-refractivity contribution in [3.8, 4) is 16.9 Å². The molecule has 0 aromatic heterocycles. The van der Waals surface area contributed by atoms with Crippen LogP contribution in [0.3, 0.4) is 0 Å². The number of rotatable bonds is 6. The Morgan fingerprint density at radius 2 is 1.59 bits per heavy atom. The third-order valence-electron chi connectivity index (χ3n) is 10.4. The number of likely N-dealkylation sites (N-methyl/N-ethyl adjacent to an activating group) is 1. The molecule has 3 aliphatic carbocycles. The van der Waals surface area contributed by atoms with Crippen LogP contribution in [0.1, 0.15) is 54.2 Å². The summed E-state index contributed by atoms with van der Waals surface area (Å²) in [5, 5.41) is 56.6. The number of nitrogens with two attached hydrogens (primary N) is 1. The number of ketones is 2. The van der Waals surface area contributed by atoms with Crippen molar-refractivity contribution in [2.75, 3.05) is 14.1 Å². The number of carbonyl (C=O) groups is 6. The lowest BCUT2D eigenvalue weighted by Gasteiger charge is -2.50. The Labute approximate surface area is 289 Å². The first-order valence-corrected chi connectivity index (χ1v) is 15.9. The van der Waals surface area contributed by atoms with E-state index in [-0.39, 0.29) is 51.8 Å². The van der Waals surface area contributed by atoms with Gasteiger partial charge in [-0.1, -0.05) is 24.3 Å². The van der Waals surface area contributed by atoms with Crippen LogP contribution in [0.5, 0.6) is 5.75 Å². The highest BCUT2D eigenvalue weighted by molar-refractivity contribution is 6.25. The van der Waals surface area contributed by atoms with Crippen LogP contribution in [0.4, 0.5) is 0 Å². The number of carboxylic acids is 1. The lowest BCUT2D eigenvalue weighted by atomic mass is 9.57. The number of Topliss-reactive ketones (excluding diaryl/α,β-unsaturated/α-hetero) is 2. The number of aliphatic hydroxyl groups is 3. The monoisotopic (exact) mass is 693 g/mol. The first kappa shape index (κ1) is 33.4. The minimum absolute atomic E-state index is 0.0286. The molecule has 14 heteroatoms. The summed E-state index contributed by atoms with van der Waals surface area (Å²) < 4.78 is 0. The Bertz CT molecular complexity index is 2200. The molecule has 3 aromatic rings. The number of carboxylic acid groups (broad SMARTS) is 1. The maximum absolute atomic E-state index is 14.4. The lowest BCUT2D eigenvalue weighted by Crippen LogP contribution is -2.65. The highest BCUT2D eigenvalue weighted by Crippen LogP contribution is 2.54. The summed E-state index contributed by atoms with van der Waals surface area (Å²) in [6.07, 6.45) is -0.222. The van der Waals surface area contributed by atoms with Gasteiger partial charge in [-0.05, 0) is 79.9 Å². The number of aliphatic hydroxyl groups excluding tert-OH is 2. The lowest BCUT2D eigenvalue weighted by molar-refractivity contribution is -0.153. The van der Waals surface area contributed by atoms with E-state index in [4.69, 9.17) is 5.73 Å². The first-order valence-electron chi connectivity index (χ1n) is 15.9. The van der Waals surface area contributed by atoms with Gasteiger partial charge in [0, 0.05) is 17.1 Å². The highest BCUT2D eigenvalue weighted by atomic mass is 16.4. The first-order chi connectivity index (χ1) is 24.1. The maximum atomic E-state index is 14.4. The molecule has 1 fully saturated rings. The van der Waals surface area contributed by atoms with E-state index in [1.54, 1.807) is 18.2 Å². The van der Waals surface area contributed by atoms with Crippen molar-refractivity contribution >= 4 is 41.0 Å². The molecule has 51 heavy (non-hydrogen) atoms. The predicted molar refractivity (Wildman–Crippen MR) is 177 cm³/mol. The third kappa shape index (κ3) is 4.63. The summed E-state index contributed by atoms with van der Waals surface area (Å²) in [5.74, 6) is -10.7. The van der Waals surface area contributed by atoms with Crippen molar-refractivity contribution < 1.29 is 54.3 Å². The van der Waals surface area contributed by atoms with Gasteiger partial charge < -0.3 is 31.3 Å². The molecule has 3 aromatic carbocycles. The van der Waals surface area contributed by atoms with Gasteiger partial charge in [0.2, 0.25) is 5.78 Å². The molecule has 0 bridgehead atoms. The van der Waals surface area contributed by atoms with Crippen molar-refractivity contribution in [1.29, 1.82) is 0 Å². The smallest absolute Gasteiger partial charge is 0.335 e. The number of phenolic OH excluding ortho intramolecular Hbond substituents is 1. The molecule has 1 saturated carbocycles. The number of amides is 3. The zero-order chi connectivity index (χ0) is 36.8. The van der Waals surface area contributed by atoms with Gasteiger partial charge in [-0.3, -0.25) is 33.8 Å². The molecule has 0 unspecified atom stereocenters. The van der Waals surface area contributed by atoms with Crippen molar-refractivity contribution in [2.24, 2.45) is 17.6 Å². The second-order valence-corrected chi connectivity index (χ2v) is 13.4. The number of primary amides is 1. The fraction of sp³-hybridized carbons (Fsp3) is 0.243. The number of phenols is 1. The van der Waals surface area contributed by atoms with Crippen molar-refractivity contribution in [3.05, 3.63) is 105 Å². The van der Waals surface area contributed by atoms with Crippen LogP contribution in [-0.4, -0.2) is 96.3 Å². The van der Waals surface area contributed by atoms with Crippen LogP contribution in [-0.2, 0) is 27.3 Å². The number of aromatic hydroxyl groups is 1. The van der Waals surface area contributed by atoms with Gasteiger partial charge in [-0.25, -0.2) is 4.79 Å². The van der Waals surface area contributed by atoms with E-state index >= 15 is 0 Å². The summed E-state index contributed by atoms with van der Waals surface area (Å²) in [5.41, 5.74) is 2.11. The predicted octanol–water partition coefficient (Wildman–Crippen LogP) is 2.13. The quantitative estimate of drug-likeness (QED) is 0.161. The van der Waals surface area contributed by atoms with Crippen LogP contribution in [0.25, 0.3) is 16.9 Å². The van der Waals surface area contributed by atoms with Crippen LogP contribution >= 0.6 is 0 Å². The molecular formula is C37H31N3O11. The zero-order valence-corrected chi connectivity index (χ0v) is 27.2. The molecule has 260 valence electrons. The molecule has 14 nitrogen and oxygen atoms in total. The second-order valence-electron chi connectivity index (χ2n) is 13.4. The van der Waals surface area contributed by atoms with Gasteiger partial charge in [0.1, 0.15) is 22.8 Å². The van der Waals surface area contributed by atoms with Gasteiger partial charge in [0.15, 0.2) is 11.4 Å². The molecule has 7 rings (SSSR count). The minimum atomic E-state index is -2.85. The van der Waals surface area contributed by atoms with E-state index in [2.05, 4.69) is 0 Å². The fourth-order valence-corrected chi connectivity index (χ4v) is 8.12. The molecule has 0 spiro atoms. The number of aromatic carboxylic acids is 1. The number of hydrogen-bond donors (Lipinski definition) is 6. The number of imide groups is 1. The largest absolute Gasteiger partial charge is 0.508 e. The van der Waals surface area contributed by atoms with Crippen molar-refractivity contribution in [2.45, 2.75) is 31.0 Å². The topological polar surface area (TPSA) is 236 Å². The van der Waals surface area contributed by atoms with Gasteiger partial charge in [0.25, 0.3) is 17.7 Å². The standard InChI is InChI=1S/C37H31N3O11/c1-39(2)27-23-13-17-11-22-21(15-6-5-7-16(10-15)36(49)50)12-18(14-40-34(47)19-8-3-4-9-20(19)35(40)48)28(41)25(22)29(42)24(17)31(44)37(23,51)32(45)26(30(27)43)33(38)46/h3-10,12,17,23,27,41-42,45,51H,11,13-14H2,1-2H3,(H2,38,46)(H,49,50)/t17-,23-,27-,37-/m1/s1. The van der Waals surface area contributed by atoms with Crippen LogP contribution in [0.15, 0.2) is 71.5 Å². The molecule has 4 aliphatic rings. The van der Waals surface area contributed by atoms with E-state index in [1.165, 1.54) is 55.4 Å². The molecule has 0 saturated heterocycles. The van der Waals surface area contributed by atoms with E-state index in [0.29, 0.717) is 11.1 Å². The Morgan fingerprint density at radius 3 is 2.18 bits per heavy atom. The minimum Gasteiger partial charge on any atom is -0.508 e. The maximum Gasteiger partial charge on any atom is 0.335 e. The Balaban J connectivity index is 1.44. The Morgan fingerprint density at radius 1 is 0.941 bits per heavy atom. The van der Waals surface area contributed by atoms with Crippen LogP contribution < -0.4 is 5.73 Å². The average molecular weight is 694 g/mol. The molecule has 7 N–H and O–H groups in total. The molecule has 1 aliphatic heterocycles. The normalized spacial score (nSPS) is 24.1. The molecular weight excluding hydrogens is 662 g/mol. The van der Waals surface area contributed by atoms with Crippen molar-refractivity contribution in [1.82, 2.24) is 9.80 Å². The van der Waals surface area contributed by atoms with Gasteiger partial charge in [-0.15, -0.1) is 0 Å². The molecule has 0 radical (unpaired) electrons. The number of benzene rings is 3. The summed E-state index contributed by atoms with van der Waals surface area (Å²) in [7, 11) is 2.99. The average Bonchev–Trinajstić information content (AvgIpc) is 3.32. The Kier molecular flexibility index (Phi) is 7.51. The number of fused-ring (bicyclic) bond motifs is 4. The molecule has 3 amide bonds. The van der Waals surface area contributed by atoms with Gasteiger partial charge in [0.05, 0.1) is 34.8 Å². The zero-order valence-electron chi connectivity index (χ0n) is 27.2. The highest BCUT2D eigenvalue weighted by Gasteiger charge is 2.64. The van der Waals surface area contributed by atoms with E-state index < -0.39 is 88.1 Å². The molecule has 1 heterocycles. The summed E-state index contributed by atoms with van der Waals surface area (Å²) in [6, 6.07) is 12.2. The van der Waals surface area contributed by atoms with E-state index in [1.807, 2.05) is 0 Å². The van der Waals surface area contributed by atoms with Crippen LogP contribution in [0.2, 0.25) is 0 Å². The van der Waals surface area contributed by atoms with Gasteiger partial charge >= 0.3 is 5.97 Å². The number of carbonyl (C=O) groups excluding carboxylic acids is 5. The van der Waals surface area contributed by atoms with Crippen LogP contribution in [0, 0.1) is 11.8 Å². The van der Waals surface area contributed by atoms with Crippen molar-refractivity contribution in [3.63, 3.8) is 0 Å². The van der Waals surface area contributed by atoms with Gasteiger partial charge in [-0.2, -0.15) is 0 Å². The summed E-state index contributed by atoms with van der Waals surface area (Å²) >= 11 is 0.